The molecule has 0 saturated carbocycles. The second-order valence-electron chi connectivity index (χ2n) is 4.98. The minimum Gasteiger partial charge on any atom is -0.481 e. The van der Waals surface area contributed by atoms with Crippen LogP contribution in [-0.2, 0) is 11.3 Å². The zero-order valence-electron chi connectivity index (χ0n) is 10.7. The molecule has 2 atom stereocenters. The molecule has 2 rings (SSSR count). The van der Waals surface area contributed by atoms with E-state index in [1.165, 1.54) is 5.56 Å². The van der Waals surface area contributed by atoms with Crippen molar-refractivity contribution in [2.24, 2.45) is 0 Å². The number of carboxylic acids is 1. The molecular weight excluding hydrogens is 228 g/mol. The number of piperazine rings is 1. The summed E-state index contributed by atoms with van der Waals surface area (Å²) in [7, 11) is 0. The van der Waals surface area contributed by atoms with E-state index in [1.54, 1.807) is 0 Å². The average molecular weight is 248 g/mol. The molecule has 0 radical (unpaired) electrons. The van der Waals surface area contributed by atoms with Gasteiger partial charge in [0, 0.05) is 31.7 Å². The fraction of sp³-hybridized carbons (Fsp3) is 0.500. The monoisotopic (exact) mass is 248 g/mol. The van der Waals surface area contributed by atoms with Gasteiger partial charge >= 0.3 is 5.97 Å². The van der Waals surface area contributed by atoms with E-state index in [4.69, 9.17) is 5.11 Å². The summed E-state index contributed by atoms with van der Waals surface area (Å²) in [6, 6.07) is 10.7. The number of hydrogen-bond donors (Lipinski definition) is 2. The topological polar surface area (TPSA) is 52.6 Å². The predicted molar refractivity (Wildman–Crippen MR) is 70.4 cm³/mol. The normalized spacial score (nSPS) is 24.9. The van der Waals surface area contributed by atoms with Gasteiger partial charge in [0.25, 0.3) is 0 Å². The Kier molecular flexibility index (Phi) is 4.33. The second kappa shape index (κ2) is 5.98. The van der Waals surface area contributed by atoms with Crippen molar-refractivity contribution in [2.75, 3.05) is 13.1 Å². The number of nitrogens with one attached hydrogen (secondary N) is 1. The van der Waals surface area contributed by atoms with E-state index in [0.717, 1.165) is 19.6 Å². The summed E-state index contributed by atoms with van der Waals surface area (Å²) in [5.41, 5.74) is 1.24. The molecule has 1 aliphatic heterocycles. The molecule has 1 aromatic carbocycles. The Hall–Kier alpha value is -1.39. The molecule has 0 amide bonds. The van der Waals surface area contributed by atoms with Crippen LogP contribution >= 0.6 is 0 Å². The van der Waals surface area contributed by atoms with Gasteiger partial charge in [-0.25, -0.2) is 0 Å². The van der Waals surface area contributed by atoms with Gasteiger partial charge in [0.1, 0.15) is 0 Å². The van der Waals surface area contributed by atoms with Crippen molar-refractivity contribution in [3.8, 4) is 0 Å². The van der Waals surface area contributed by atoms with Gasteiger partial charge in [0.2, 0.25) is 0 Å². The smallest absolute Gasteiger partial charge is 0.304 e. The maximum atomic E-state index is 10.9. The van der Waals surface area contributed by atoms with Crippen molar-refractivity contribution in [2.45, 2.75) is 32.0 Å². The lowest BCUT2D eigenvalue weighted by Gasteiger charge is -2.38. The van der Waals surface area contributed by atoms with E-state index in [-0.39, 0.29) is 12.5 Å². The maximum absolute atomic E-state index is 10.9. The average Bonchev–Trinajstić information content (AvgIpc) is 2.33. The van der Waals surface area contributed by atoms with Crippen LogP contribution in [0.2, 0.25) is 0 Å². The third-order valence-electron chi connectivity index (χ3n) is 3.37. The molecular formula is C14H20N2O2. The molecule has 1 aliphatic rings. The minimum atomic E-state index is -0.727. The molecule has 1 saturated heterocycles. The summed E-state index contributed by atoms with van der Waals surface area (Å²) >= 11 is 0. The molecule has 0 unspecified atom stereocenters. The summed E-state index contributed by atoms with van der Waals surface area (Å²) in [6.45, 7) is 4.60. The zero-order valence-corrected chi connectivity index (χ0v) is 10.7. The van der Waals surface area contributed by atoms with E-state index in [1.807, 2.05) is 18.2 Å². The van der Waals surface area contributed by atoms with Gasteiger partial charge in [-0.3, -0.25) is 9.69 Å². The van der Waals surface area contributed by atoms with Crippen molar-refractivity contribution >= 4 is 5.97 Å². The number of carbonyl (C=O) groups is 1. The number of carboxylic acid groups (broad SMARTS) is 1. The van der Waals surface area contributed by atoms with E-state index in [9.17, 15) is 4.79 Å². The van der Waals surface area contributed by atoms with Gasteiger partial charge in [-0.1, -0.05) is 30.3 Å². The summed E-state index contributed by atoms with van der Waals surface area (Å²) in [4.78, 5) is 13.2. The number of nitrogens with zero attached hydrogens (tertiary/aromatic N) is 1. The molecule has 0 bridgehead atoms. The Labute approximate surface area is 108 Å². The third kappa shape index (κ3) is 3.55. The van der Waals surface area contributed by atoms with Crippen LogP contribution in [0.25, 0.3) is 0 Å². The molecule has 1 fully saturated rings. The van der Waals surface area contributed by atoms with Crippen LogP contribution in [0.3, 0.4) is 0 Å². The Morgan fingerprint density at radius 3 is 2.83 bits per heavy atom. The van der Waals surface area contributed by atoms with Crippen LogP contribution in [0.15, 0.2) is 30.3 Å². The van der Waals surface area contributed by atoms with Crippen molar-refractivity contribution in [3.63, 3.8) is 0 Å². The highest BCUT2D eigenvalue weighted by molar-refractivity contribution is 5.67. The summed E-state index contributed by atoms with van der Waals surface area (Å²) in [5.74, 6) is -0.727. The zero-order chi connectivity index (χ0) is 13.0. The van der Waals surface area contributed by atoms with Crippen LogP contribution in [-0.4, -0.2) is 41.1 Å². The summed E-state index contributed by atoms with van der Waals surface area (Å²) in [5, 5.41) is 12.3. The van der Waals surface area contributed by atoms with Crippen molar-refractivity contribution in [3.05, 3.63) is 35.9 Å². The SMILES string of the molecule is C[C@@H]1CN(Cc2ccccc2)[C@H](CC(=O)O)CN1. The molecule has 1 aromatic rings. The Bertz CT molecular complexity index is 394. The van der Waals surface area contributed by atoms with E-state index in [2.05, 4.69) is 29.3 Å². The maximum Gasteiger partial charge on any atom is 0.304 e. The first kappa shape index (κ1) is 13.1. The Morgan fingerprint density at radius 2 is 2.17 bits per heavy atom. The first-order valence-electron chi connectivity index (χ1n) is 6.38. The van der Waals surface area contributed by atoms with Gasteiger partial charge in [-0.05, 0) is 12.5 Å². The summed E-state index contributed by atoms with van der Waals surface area (Å²) < 4.78 is 0. The van der Waals surface area contributed by atoms with Gasteiger partial charge in [-0.15, -0.1) is 0 Å². The fourth-order valence-electron chi connectivity index (χ4n) is 2.45. The summed E-state index contributed by atoms with van der Waals surface area (Å²) in [6.07, 6.45) is 0.201. The van der Waals surface area contributed by atoms with Crippen LogP contribution in [0.4, 0.5) is 0 Å². The lowest BCUT2D eigenvalue weighted by molar-refractivity contribution is -0.138. The Morgan fingerprint density at radius 1 is 1.44 bits per heavy atom. The number of aliphatic carboxylic acids is 1. The van der Waals surface area contributed by atoms with E-state index in [0.29, 0.717) is 6.04 Å². The predicted octanol–water partition coefficient (Wildman–Crippen LogP) is 1.32. The molecule has 18 heavy (non-hydrogen) atoms. The minimum absolute atomic E-state index is 0.0823. The van der Waals surface area contributed by atoms with Crippen molar-refractivity contribution in [1.82, 2.24) is 10.2 Å². The van der Waals surface area contributed by atoms with E-state index < -0.39 is 5.97 Å². The first-order valence-corrected chi connectivity index (χ1v) is 6.38. The molecule has 1 heterocycles. The van der Waals surface area contributed by atoms with Crippen LogP contribution in [0.1, 0.15) is 18.9 Å². The first-order chi connectivity index (χ1) is 8.65. The Balaban J connectivity index is 2.03. The number of benzene rings is 1. The number of rotatable bonds is 4. The quantitative estimate of drug-likeness (QED) is 0.844. The molecule has 0 aliphatic carbocycles. The molecule has 4 heteroatoms. The molecule has 2 N–H and O–H groups in total. The highest BCUT2D eigenvalue weighted by Crippen LogP contribution is 2.14. The standard InChI is InChI=1S/C14H20N2O2/c1-11-9-16(10-12-5-3-2-4-6-12)13(8-15-11)7-14(17)18/h2-6,11,13,15H,7-10H2,1H3,(H,17,18)/t11-,13-/m1/s1. The van der Waals surface area contributed by atoms with Gasteiger partial charge in [0.05, 0.1) is 6.42 Å². The lowest BCUT2D eigenvalue weighted by atomic mass is 10.1. The second-order valence-corrected chi connectivity index (χ2v) is 4.98. The van der Waals surface area contributed by atoms with Crippen molar-refractivity contribution in [1.29, 1.82) is 0 Å². The third-order valence-corrected chi connectivity index (χ3v) is 3.37. The highest BCUT2D eigenvalue weighted by Gasteiger charge is 2.27. The highest BCUT2D eigenvalue weighted by atomic mass is 16.4. The van der Waals surface area contributed by atoms with Gasteiger partial charge in [0.15, 0.2) is 0 Å². The molecule has 98 valence electrons. The van der Waals surface area contributed by atoms with Crippen LogP contribution in [0, 0.1) is 0 Å². The van der Waals surface area contributed by atoms with Gasteiger partial charge in [-0.2, -0.15) is 0 Å². The van der Waals surface area contributed by atoms with E-state index >= 15 is 0 Å². The molecule has 0 spiro atoms. The van der Waals surface area contributed by atoms with Crippen LogP contribution < -0.4 is 5.32 Å². The molecule has 4 nitrogen and oxygen atoms in total. The number of hydrogen-bond acceptors (Lipinski definition) is 3. The largest absolute Gasteiger partial charge is 0.481 e. The van der Waals surface area contributed by atoms with Gasteiger partial charge < -0.3 is 10.4 Å². The molecule has 0 aromatic heterocycles. The van der Waals surface area contributed by atoms with Crippen molar-refractivity contribution < 1.29 is 9.90 Å². The fourth-order valence-corrected chi connectivity index (χ4v) is 2.45. The van der Waals surface area contributed by atoms with Crippen LogP contribution in [0.5, 0.6) is 0 Å². The lowest BCUT2D eigenvalue weighted by Crippen LogP contribution is -2.55.